The van der Waals surface area contributed by atoms with E-state index in [1.54, 1.807) is 0 Å². The van der Waals surface area contributed by atoms with Crippen LogP contribution in [0.1, 0.15) is 57.7 Å². The molecule has 8 heteroatoms. The topological polar surface area (TPSA) is 103 Å². The lowest BCUT2D eigenvalue weighted by atomic mass is 9.99. The second-order valence-electron chi connectivity index (χ2n) is 10.6. The number of benzene rings is 4. The number of hydrogen-bond donors (Lipinski definition) is 1. The van der Waals surface area contributed by atoms with Gasteiger partial charge in [0.05, 0.1) is 24.8 Å². The summed E-state index contributed by atoms with van der Waals surface area (Å²) in [6, 6.07) is 34.4. The van der Waals surface area contributed by atoms with Gasteiger partial charge in [-0.15, -0.1) is 10.2 Å². The highest BCUT2D eigenvalue weighted by Crippen LogP contribution is 2.29. The summed E-state index contributed by atoms with van der Waals surface area (Å²) in [6.45, 7) is 4.36. The fraction of sp³-hybridized carbons (Fsp3) is 0.189. The summed E-state index contributed by atoms with van der Waals surface area (Å²) in [5.74, 6) is 3.21. The minimum atomic E-state index is -0.247. The van der Waals surface area contributed by atoms with E-state index < -0.39 is 0 Å². The molecule has 0 bridgehead atoms. The van der Waals surface area contributed by atoms with Crippen LogP contribution in [0.5, 0.6) is 5.75 Å². The number of ether oxygens (including phenoxy) is 1. The van der Waals surface area contributed by atoms with Gasteiger partial charge in [-0.05, 0) is 48.9 Å². The predicted octanol–water partition coefficient (Wildman–Crippen LogP) is 7.84. The molecule has 0 saturated carbocycles. The molecule has 6 rings (SSSR count). The number of rotatable bonds is 13. The van der Waals surface area contributed by atoms with Crippen molar-refractivity contribution in [3.05, 3.63) is 149 Å². The van der Waals surface area contributed by atoms with Crippen molar-refractivity contribution in [1.82, 2.24) is 15.2 Å². The van der Waals surface area contributed by atoms with Crippen LogP contribution >= 0.6 is 0 Å². The van der Waals surface area contributed by atoms with Crippen molar-refractivity contribution in [2.75, 3.05) is 11.9 Å². The van der Waals surface area contributed by atoms with Gasteiger partial charge in [-0.2, -0.15) is 0 Å². The van der Waals surface area contributed by atoms with Crippen molar-refractivity contribution < 1.29 is 18.4 Å². The van der Waals surface area contributed by atoms with Crippen LogP contribution in [-0.4, -0.2) is 27.6 Å². The van der Waals surface area contributed by atoms with Crippen LogP contribution in [0.4, 0.5) is 5.69 Å². The molecule has 0 fully saturated rings. The number of aromatic nitrogens is 3. The molecule has 2 heterocycles. The van der Waals surface area contributed by atoms with E-state index in [0.717, 1.165) is 34.0 Å². The van der Waals surface area contributed by atoms with Gasteiger partial charge in [0.2, 0.25) is 17.7 Å². The molecule has 0 amide bonds. The molecule has 1 unspecified atom stereocenters. The third-order valence-electron chi connectivity index (χ3n) is 7.53. The van der Waals surface area contributed by atoms with Gasteiger partial charge in [0.15, 0.2) is 5.78 Å². The SMILES string of the molecule is CCc1nnc(CC(Nc2ccccc2C(=O)c2ccccc2)c2ccc(OCCc3nc(-c4ccccc4)oc3C)cc2)o1. The number of carbonyl (C=O) groups is 1. The molecular weight excluding hydrogens is 564 g/mol. The van der Waals surface area contributed by atoms with Gasteiger partial charge in [-0.25, -0.2) is 4.98 Å². The number of anilines is 1. The van der Waals surface area contributed by atoms with Crippen molar-refractivity contribution >= 4 is 11.5 Å². The van der Waals surface area contributed by atoms with Crippen molar-refractivity contribution in [3.63, 3.8) is 0 Å². The number of ketones is 1. The van der Waals surface area contributed by atoms with Crippen LogP contribution in [0.3, 0.4) is 0 Å². The highest BCUT2D eigenvalue weighted by molar-refractivity contribution is 6.12. The van der Waals surface area contributed by atoms with Crippen LogP contribution < -0.4 is 10.1 Å². The molecule has 0 aliphatic carbocycles. The monoisotopic (exact) mass is 598 g/mol. The summed E-state index contributed by atoms with van der Waals surface area (Å²) in [5, 5.41) is 12.0. The van der Waals surface area contributed by atoms with Crippen LogP contribution in [0.15, 0.2) is 118 Å². The van der Waals surface area contributed by atoms with Crippen LogP contribution in [0.2, 0.25) is 0 Å². The Morgan fingerprint density at radius 2 is 1.51 bits per heavy atom. The summed E-state index contributed by atoms with van der Waals surface area (Å²) in [4.78, 5) is 18.1. The number of nitrogens with one attached hydrogen (secondary N) is 1. The summed E-state index contributed by atoms with van der Waals surface area (Å²) in [7, 11) is 0. The summed E-state index contributed by atoms with van der Waals surface area (Å²) >= 11 is 0. The Bertz CT molecular complexity index is 1850. The van der Waals surface area contributed by atoms with E-state index in [4.69, 9.17) is 13.6 Å². The van der Waals surface area contributed by atoms with E-state index in [-0.39, 0.29) is 11.8 Å². The van der Waals surface area contributed by atoms with E-state index >= 15 is 0 Å². The molecule has 2 aromatic heterocycles. The zero-order valence-electron chi connectivity index (χ0n) is 25.3. The molecule has 1 N–H and O–H groups in total. The average molecular weight is 599 g/mol. The van der Waals surface area contributed by atoms with Gasteiger partial charge in [0.25, 0.3) is 0 Å². The minimum Gasteiger partial charge on any atom is -0.493 e. The van der Waals surface area contributed by atoms with Gasteiger partial charge in [-0.1, -0.05) is 79.7 Å². The Hall–Kier alpha value is -5.50. The molecule has 0 saturated heterocycles. The molecule has 1 atom stereocenters. The van der Waals surface area contributed by atoms with Crippen molar-refractivity contribution in [2.45, 2.75) is 39.2 Å². The molecule has 0 aliphatic heterocycles. The van der Waals surface area contributed by atoms with Gasteiger partial charge < -0.3 is 18.9 Å². The van der Waals surface area contributed by atoms with Crippen LogP contribution in [-0.2, 0) is 19.3 Å². The average Bonchev–Trinajstić information content (AvgIpc) is 3.71. The Morgan fingerprint density at radius 3 is 2.24 bits per heavy atom. The maximum absolute atomic E-state index is 13.4. The van der Waals surface area contributed by atoms with Gasteiger partial charge >= 0.3 is 0 Å². The summed E-state index contributed by atoms with van der Waals surface area (Å²) in [6.07, 6.45) is 1.72. The van der Waals surface area contributed by atoms with Crippen molar-refractivity contribution in [1.29, 1.82) is 0 Å². The Morgan fingerprint density at radius 1 is 0.822 bits per heavy atom. The zero-order chi connectivity index (χ0) is 31.0. The molecular formula is C37H34N4O4. The Kier molecular flexibility index (Phi) is 9.11. The van der Waals surface area contributed by atoms with Gasteiger partial charge in [0, 0.05) is 35.2 Å². The first-order valence-corrected chi connectivity index (χ1v) is 15.1. The fourth-order valence-electron chi connectivity index (χ4n) is 5.11. The predicted molar refractivity (Wildman–Crippen MR) is 172 cm³/mol. The van der Waals surface area contributed by atoms with E-state index in [0.29, 0.717) is 54.7 Å². The van der Waals surface area contributed by atoms with Crippen molar-refractivity contribution in [2.24, 2.45) is 0 Å². The van der Waals surface area contributed by atoms with E-state index in [9.17, 15) is 4.79 Å². The lowest BCUT2D eigenvalue weighted by Crippen LogP contribution is -2.16. The second kappa shape index (κ2) is 13.9. The number of hydrogen-bond acceptors (Lipinski definition) is 8. The van der Waals surface area contributed by atoms with Gasteiger partial charge in [0.1, 0.15) is 11.5 Å². The molecule has 0 radical (unpaired) electrons. The van der Waals surface area contributed by atoms with Crippen LogP contribution in [0.25, 0.3) is 11.5 Å². The van der Waals surface area contributed by atoms with Gasteiger partial charge in [-0.3, -0.25) is 4.79 Å². The molecule has 45 heavy (non-hydrogen) atoms. The molecule has 4 aromatic carbocycles. The van der Waals surface area contributed by atoms with E-state index in [1.165, 1.54) is 0 Å². The Labute approximate surface area is 262 Å². The molecule has 0 spiro atoms. The first-order valence-electron chi connectivity index (χ1n) is 15.1. The maximum Gasteiger partial charge on any atom is 0.226 e. The fourth-order valence-corrected chi connectivity index (χ4v) is 5.11. The largest absolute Gasteiger partial charge is 0.493 e. The second-order valence-corrected chi connectivity index (χ2v) is 10.6. The van der Waals surface area contributed by atoms with Crippen LogP contribution in [0, 0.1) is 6.92 Å². The number of aryl methyl sites for hydroxylation is 2. The maximum atomic E-state index is 13.4. The lowest BCUT2D eigenvalue weighted by molar-refractivity contribution is 0.103. The van der Waals surface area contributed by atoms with E-state index in [2.05, 4.69) is 20.5 Å². The Balaban J connectivity index is 1.17. The first kappa shape index (κ1) is 29.6. The van der Waals surface area contributed by atoms with Crippen molar-refractivity contribution in [3.8, 4) is 17.2 Å². The number of nitrogens with zero attached hydrogens (tertiary/aromatic N) is 3. The lowest BCUT2D eigenvalue weighted by Gasteiger charge is -2.21. The third kappa shape index (κ3) is 7.18. The third-order valence-corrected chi connectivity index (χ3v) is 7.53. The standard InChI is InChI=1S/C37H34N4O4/c1-3-34-40-41-35(45-34)24-33(38-32-17-11-10-16-30(32)36(42)27-12-6-4-7-13-27)26-18-20-29(21-19-26)43-23-22-31-25(2)44-37(39-31)28-14-8-5-9-15-28/h4-21,33,38H,3,22-24H2,1-2H3. The number of carbonyl (C=O) groups excluding carboxylic acids is 1. The highest BCUT2D eigenvalue weighted by atomic mass is 16.5. The van der Waals surface area contributed by atoms with E-state index in [1.807, 2.05) is 123 Å². The summed E-state index contributed by atoms with van der Waals surface area (Å²) in [5.41, 5.74) is 4.76. The molecule has 8 nitrogen and oxygen atoms in total. The minimum absolute atomic E-state index is 0.0505. The number of oxazole rings is 1. The molecule has 6 aromatic rings. The highest BCUT2D eigenvalue weighted by Gasteiger charge is 2.20. The molecule has 0 aliphatic rings. The zero-order valence-corrected chi connectivity index (χ0v) is 25.3. The summed E-state index contributed by atoms with van der Waals surface area (Å²) < 4.78 is 17.8. The number of para-hydroxylation sites is 1. The normalized spacial score (nSPS) is 11.7. The first-order chi connectivity index (χ1) is 22.1. The quantitative estimate of drug-likeness (QED) is 0.134. The smallest absolute Gasteiger partial charge is 0.226 e. The molecule has 226 valence electrons.